The Bertz CT molecular complexity index is 617. The molecule has 2 aromatic rings. The maximum Gasteiger partial charge on any atom is 0.274 e. The number of carbonyl (C=O) groups is 1. The van der Waals surface area contributed by atoms with Crippen molar-refractivity contribution < 1.29 is 4.79 Å². The second-order valence-electron chi connectivity index (χ2n) is 3.58. The van der Waals surface area contributed by atoms with Gasteiger partial charge < -0.3 is 11.1 Å². The largest absolute Gasteiger partial charge is 0.397 e. The first kappa shape index (κ1) is 11.6. The molecule has 88 valence electrons. The van der Waals surface area contributed by atoms with E-state index in [9.17, 15) is 4.79 Å². The Morgan fingerprint density at radius 1 is 1.33 bits per heavy atom. The lowest BCUT2D eigenvalue weighted by Gasteiger charge is -2.07. The van der Waals surface area contributed by atoms with Gasteiger partial charge in [-0.15, -0.1) is 0 Å². The van der Waals surface area contributed by atoms with Gasteiger partial charge in [-0.3, -0.25) is 9.78 Å². The number of nitrogen functional groups attached to an aromatic ring is 1. The molecular formula is C13H10N4O. The average Bonchev–Trinajstić information content (AvgIpc) is 2.42. The van der Waals surface area contributed by atoms with Crippen molar-refractivity contribution in [1.82, 2.24) is 4.98 Å². The third-order valence-corrected chi connectivity index (χ3v) is 2.33. The van der Waals surface area contributed by atoms with Gasteiger partial charge in [-0.25, -0.2) is 0 Å². The number of carbonyl (C=O) groups excluding carboxylic acids is 1. The Morgan fingerprint density at radius 2 is 2.17 bits per heavy atom. The maximum absolute atomic E-state index is 11.8. The van der Waals surface area contributed by atoms with Crippen LogP contribution in [0.25, 0.3) is 0 Å². The second kappa shape index (κ2) is 4.97. The van der Waals surface area contributed by atoms with Crippen LogP contribution in [-0.2, 0) is 0 Å². The second-order valence-corrected chi connectivity index (χ2v) is 3.58. The summed E-state index contributed by atoms with van der Waals surface area (Å²) in [5.74, 6) is -0.341. The smallest absolute Gasteiger partial charge is 0.274 e. The molecule has 1 amide bonds. The highest BCUT2D eigenvalue weighted by atomic mass is 16.1. The molecule has 5 heteroatoms. The molecule has 0 spiro atoms. The molecule has 0 atom stereocenters. The van der Waals surface area contributed by atoms with Gasteiger partial charge in [0, 0.05) is 6.20 Å². The molecule has 0 aliphatic rings. The van der Waals surface area contributed by atoms with Gasteiger partial charge in [-0.2, -0.15) is 5.26 Å². The van der Waals surface area contributed by atoms with Gasteiger partial charge in [-0.1, -0.05) is 6.07 Å². The number of rotatable bonds is 2. The Kier molecular flexibility index (Phi) is 3.21. The van der Waals surface area contributed by atoms with Crippen molar-refractivity contribution in [3.63, 3.8) is 0 Å². The number of benzene rings is 1. The molecule has 1 heterocycles. The van der Waals surface area contributed by atoms with E-state index >= 15 is 0 Å². The number of nitrogens with two attached hydrogens (primary N) is 1. The predicted molar refractivity (Wildman–Crippen MR) is 67.8 cm³/mol. The minimum absolute atomic E-state index is 0.307. The molecule has 0 saturated heterocycles. The summed E-state index contributed by atoms with van der Waals surface area (Å²) >= 11 is 0. The molecule has 0 aliphatic carbocycles. The molecule has 2 rings (SSSR count). The van der Waals surface area contributed by atoms with E-state index in [2.05, 4.69) is 10.3 Å². The summed E-state index contributed by atoms with van der Waals surface area (Å²) in [4.78, 5) is 15.8. The number of hydrogen-bond acceptors (Lipinski definition) is 4. The SMILES string of the molecule is N#Cc1ccc(NC(=O)c2ccccn2)c(N)c1. The quantitative estimate of drug-likeness (QED) is 0.780. The summed E-state index contributed by atoms with van der Waals surface area (Å²) in [7, 11) is 0. The fraction of sp³-hybridized carbons (Fsp3) is 0. The molecular weight excluding hydrogens is 228 g/mol. The highest BCUT2D eigenvalue weighted by Crippen LogP contribution is 2.19. The first-order valence-corrected chi connectivity index (χ1v) is 5.22. The van der Waals surface area contributed by atoms with Gasteiger partial charge >= 0.3 is 0 Å². The third-order valence-electron chi connectivity index (χ3n) is 2.33. The third kappa shape index (κ3) is 2.44. The van der Waals surface area contributed by atoms with Crippen LogP contribution in [0.15, 0.2) is 42.6 Å². The normalized spacial score (nSPS) is 9.50. The Morgan fingerprint density at radius 3 is 2.78 bits per heavy atom. The van der Waals surface area contributed by atoms with E-state index in [1.807, 2.05) is 6.07 Å². The first-order chi connectivity index (χ1) is 8.70. The average molecular weight is 238 g/mol. The highest BCUT2D eigenvalue weighted by Gasteiger charge is 2.08. The standard InChI is InChI=1S/C13H10N4O/c14-8-9-4-5-11(10(15)7-9)17-13(18)12-3-1-2-6-16-12/h1-7H,15H2,(H,17,18). The number of aromatic nitrogens is 1. The van der Waals surface area contributed by atoms with E-state index in [1.54, 1.807) is 30.3 Å². The van der Waals surface area contributed by atoms with Gasteiger partial charge in [0.2, 0.25) is 0 Å². The van der Waals surface area contributed by atoms with E-state index in [4.69, 9.17) is 11.0 Å². The molecule has 0 radical (unpaired) electrons. The minimum Gasteiger partial charge on any atom is -0.397 e. The summed E-state index contributed by atoms with van der Waals surface area (Å²) in [6.45, 7) is 0. The number of nitriles is 1. The zero-order valence-corrected chi connectivity index (χ0v) is 9.42. The summed E-state index contributed by atoms with van der Waals surface area (Å²) in [5.41, 5.74) is 7.30. The molecule has 3 N–H and O–H groups in total. The van der Waals surface area contributed by atoms with Crippen molar-refractivity contribution in [2.45, 2.75) is 0 Å². The van der Waals surface area contributed by atoms with Gasteiger partial charge in [0.25, 0.3) is 5.91 Å². The van der Waals surface area contributed by atoms with Gasteiger partial charge in [0.1, 0.15) is 5.69 Å². The monoisotopic (exact) mass is 238 g/mol. The van der Waals surface area contributed by atoms with Crippen molar-refractivity contribution in [1.29, 1.82) is 5.26 Å². The maximum atomic E-state index is 11.8. The molecule has 1 aromatic carbocycles. The lowest BCUT2D eigenvalue weighted by atomic mass is 10.2. The summed E-state index contributed by atoms with van der Waals surface area (Å²) < 4.78 is 0. The van der Waals surface area contributed by atoms with Crippen LogP contribution in [0, 0.1) is 11.3 Å². The number of nitrogens with zero attached hydrogens (tertiary/aromatic N) is 2. The zero-order valence-electron chi connectivity index (χ0n) is 9.42. The molecule has 5 nitrogen and oxygen atoms in total. The zero-order chi connectivity index (χ0) is 13.0. The van der Waals surface area contributed by atoms with Crippen LogP contribution in [0.5, 0.6) is 0 Å². The number of anilines is 2. The molecule has 0 aliphatic heterocycles. The molecule has 0 fully saturated rings. The fourth-order valence-electron chi connectivity index (χ4n) is 1.43. The molecule has 18 heavy (non-hydrogen) atoms. The predicted octanol–water partition coefficient (Wildman–Crippen LogP) is 1.79. The minimum atomic E-state index is -0.341. The van der Waals surface area contributed by atoms with Crippen LogP contribution in [0.4, 0.5) is 11.4 Å². The van der Waals surface area contributed by atoms with Crippen molar-refractivity contribution in [2.24, 2.45) is 0 Å². The lowest BCUT2D eigenvalue weighted by Crippen LogP contribution is -2.14. The number of hydrogen-bond donors (Lipinski definition) is 2. The van der Waals surface area contributed by atoms with E-state index < -0.39 is 0 Å². The van der Waals surface area contributed by atoms with Crippen LogP contribution >= 0.6 is 0 Å². The van der Waals surface area contributed by atoms with Crippen LogP contribution in [0.3, 0.4) is 0 Å². The van der Waals surface area contributed by atoms with E-state index in [0.717, 1.165) is 0 Å². The van der Waals surface area contributed by atoms with E-state index in [-0.39, 0.29) is 5.91 Å². The summed E-state index contributed by atoms with van der Waals surface area (Å²) in [5, 5.41) is 11.4. The van der Waals surface area contributed by atoms with Crippen LogP contribution in [0.2, 0.25) is 0 Å². The first-order valence-electron chi connectivity index (χ1n) is 5.22. The van der Waals surface area contributed by atoms with Gasteiger partial charge in [0.05, 0.1) is 23.0 Å². The van der Waals surface area contributed by atoms with E-state index in [1.165, 1.54) is 12.3 Å². The molecule has 1 aromatic heterocycles. The fourth-order valence-corrected chi connectivity index (χ4v) is 1.43. The number of nitrogens with one attached hydrogen (secondary N) is 1. The van der Waals surface area contributed by atoms with Crippen molar-refractivity contribution >= 4 is 17.3 Å². The van der Waals surface area contributed by atoms with E-state index in [0.29, 0.717) is 22.6 Å². The van der Waals surface area contributed by atoms with Crippen LogP contribution in [0.1, 0.15) is 16.1 Å². The number of pyridine rings is 1. The Balaban J connectivity index is 2.20. The highest BCUT2D eigenvalue weighted by molar-refractivity contribution is 6.04. The summed E-state index contributed by atoms with van der Waals surface area (Å²) in [6.07, 6.45) is 1.54. The topological polar surface area (TPSA) is 91.8 Å². The van der Waals surface area contributed by atoms with Gasteiger partial charge in [0.15, 0.2) is 0 Å². The lowest BCUT2D eigenvalue weighted by molar-refractivity contribution is 0.102. The molecule has 0 unspecified atom stereocenters. The van der Waals surface area contributed by atoms with Gasteiger partial charge in [-0.05, 0) is 30.3 Å². The van der Waals surface area contributed by atoms with Crippen LogP contribution < -0.4 is 11.1 Å². The summed E-state index contributed by atoms with van der Waals surface area (Å²) in [6, 6.07) is 11.7. The van der Waals surface area contributed by atoms with Crippen molar-refractivity contribution in [2.75, 3.05) is 11.1 Å². The Hall–Kier alpha value is -2.87. The van der Waals surface area contributed by atoms with Crippen LogP contribution in [-0.4, -0.2) is 10.9 Å². The number of amides is 1. The van der Waals surface area contributed by atoms with Crippen molar-refractivity contribution in [3.05, 3.63) is 53.9 Å². The molecule has 0 saturated carbocycles. The molecule has 0 bridgehead atoms. The van der Waals surface area contributed by atoms with Crippen molar-refractivity contribution in [3.8, 4) is 6.07 Å². The Labute approximate surface area is 104 Å².